The second-order valence-corrected chi connectivity index (χ2v) is 12.1. The van der Waals surface area contributed by atoms with E-state index < -0.39 is 35.4 Å². The van der Waals surface area contributed by atoms with E-state index in [0.29, 0.717) is 44.5 Å². The average molecular weight is 689 g/mol. The molecule has 252 valence electrons. The summed E-state index contributed by atoms with van der Waals surface area (Å²) in [5.41, 5.74) is 4.82. The lowest BCUT2D eigenvalue weighted by molar-refractivity contribution is 0.0686. The molecule has 0 saturated heterocycles. The molecule has 0 fully saturated rings. The molecule has 0 bridgehead atoms. The minimum Gasteiger partial charge on any atom is -0.478 e. The van der Waals surface area contributed by atoms with Gasteiger partial charge in [0.05, 0.1) is 22.3 Å². The van der Waals surface area contributed by atoms with Gasteiger partial charge >= 0.3 is 23.9 Å². The van der Waals surface area contributed by atoms with E-state index in [1.165, 1.54) is 48.5 Å². The summed E-state index contributed by atoms with van der Waals surface area (Å²) in [4.78, 5) is 75.1. The highest BCUT2D eigenvalue weighted by Gasteiger charge is 2.33. The first kappa shape index (κ1) is 33.1. The van der Waals surface area contributed by atoms with Gasteiger partial charge in [-0.05, 0) is 117 Å². The largest absolute Gasteiger partial charge is 0.478 e. The van der Waals surface area contributed by atoms with Gasteiger partial charge in [-0.25, -0.2) is 19.2 Å². The molecule has 7 rings (SSSR count). The minimum absolute atomic E-state index is 0.0478. The molecule has 0 atom stereocenters. The van der Waals surface area contributed by atoms with Gasteiger partial charge in [0.1, 0.15) is 0 Å². The first-order valence-corrected chi connectivity index (χ1v) is 15.7. The summed E-state index contributed by atoms with van der Waals surface area (Å²) < 4.78 is 0. The van der Waals surface area contributed by atoms with Crippen LogP contribution in [0.2, 0.25) is 0 Å². The lowest BCUT2D eigenvalue weighted by atomic mass is 9.77. The summed E-state index contributed by atoms with van der Waals surface area (Å²) in [6, 6.07) is 30.4. The highest BCUT2D eigenvalue weighted by molar-refractivity contribution is 6.30. The Balaban J connectivity index is 1.44. The van der Waals surface area contributed by atoms with Crippen molar-refractivity contribution in [2.24, 2.45) is 0 Å². The molecular weight excluding hydrogens is 664 g/mol. The van der Waals surface area contributed by atoms with Crippen LogP contribution in [0.25, 0.3) is 44.5 Å². The van der Waals surface area contributed by atoms with E-state index in [1.54, 1.807) is 72.8 Å². The average Bonchev–Trinajstić information content (AvgIpc) is 3.16. The Labute approximate surface area is 294 Å². The number of rotatable bonds is 8. The summed E-state index contributed by atoms with van der Waals surface area (Å²) >= 11 is 0. The summed E-state index contributed by atoms with van der Waals surface area (Å²) in [6.45, 7) is 0. The quantitative estimate of drug-likeness (QED) is 0.122. The molecule has 10 nitrogen and oxygen atoms in total. The van der Waals surface area contributed by atoms with E-state index in [9.17, 15) is 49.2 Å². The van der Waals surface area contributed by atoms with Crippen molar-refractivity contribution in [3.63, 3.8) is 0 Å². The Hall–Kier alpha value is -7.46. The summed E-state index contributed by atoms with van der Waals surface area (Å²) in [5.74, 6) is -5.41. The number of carboxylic acids is 4. The zero-order valence-electron chi connectivity index (χ0n) is 26.8. The molecule has 0 unspecified atom stereocenters. The fourth-order valence-corrected chi connectivity index (χ4v) is 6.37. The monoisotopic (exact) mass is 688 g/mol. The zero-order valence-corrected chi connectivity index (χ0v) is 26.8. The van der Waals surface area contributed by atoms with Crippen molar-refractivity contribution in [1.29, 1.82) is 0 Å². The Morgan fingerprint density at radius 2 is 0.462 bits per heavy atom. The van der Waals surface area contributed by atoms with E-state index >= 15 is 0 Å². The maximum Gasteiger partial charge on any atom is 0.335 e. The second kappa shape index (κ2) is 12.8. The molecule has 6 aromatic rings. The summed E-state index contributed by atoms with van der Waals surface area (Å²) in [7, 11) is 0. The second-order valence-electron chi connectivity index (χ2n) is 12.1. The van der Waals surface area contributed by atoms with Crippen LogP contribution >= 0.6 is 0 Å². The zero-order chi connectivity index (χ0) is 36.8. The molecule has 0 saturated carbocycles. The predicted octanol–water partition coefficient (Wildman–Crippen LogP) is 7.92. The summed E-state index contributed by atoms with van der Waals surface area (Å²) in [6.07, 6.45) is 0. The number of carbonyl (C=O) groups is 6. The van der Waals surface area contributed by atoms with Gasteiger partial charge in [0, 0.05) is 22.3 Å². The van der Waals surface area contributed by atoms with Gasteiger partial charge in [-0.1, -0.05) is 48.5 Å². The van der Waals surface area contributed by atoms with Crippen molar-refractivity contribution < 1.29 is 49.2 Å². The number of fused-ring (bicyclic) bond motifs is 2. The predicted molar refractivity (Wildman–Crippen MR) is 189 cm³/mol. The molecule has 52 heavy (non-hydrogen) atoms. The van der Waals surface area contributed by atoms with Gasteiger partial charge in [-0.15, -0.1) is 0 Å². The van der Waals surface area contributed by atoms with Crippen LogP contribution < -0.4 is 0 Å². The number of carboxylic acid groups (broad SMARTS) is 4. The number of carbonyl (C=O) groups excluding carboxylic acids is 2. The number of hydrogen-bond donors (Lipinski definition) is 4. The SMILES string of the molecule is O=C(O)c1ccc(-c2cc3c(cc2-c2ccc(C(=O)O)cc2)C(=O)c2cc(-c4ccc(C(=O)O)cc4)c(-c4ccc(C(=O)O)cc4)cc2C3=O)cc1. The number of benzene rings is 6. The number of hydrogen-bond acceptors (Lipinski definition) is 6. The molecule has 0 heterocycles. The molecule has 0 aliphatic heterocycles. The van der Waals surface area contributed by atoms with Crippen LogP contribution in [0.1, 0.15) is 73.3 Å². The van der Waals surface area contributed by atoms with Gasteiger partial charge in [-0.2, -0.15) is 0 Å². The molecule has 0 amide bonds. The van der Waals surface area contributed by atoms with Crippen molar-refractivity contribution in [2.75, 3.05) is 0 Å². The molecule has 10 heteroatoms. The van der Waals surface area contributed by atoms with Crippen LogP contribution in [0.15, 0.2) is 121 Å². The Morgan fingerprint density at radius 1 is 0.288 bits per heavy atom. The lowest BCUT2D eigenvalue weighted by Gasteiger charge is -2.23. The van der Waals surface area contributed by atoms with Gasteiger partial charge in [-0.3, -0.25) is 9.59 Å². The van der Waals surface area contributed by atoms with Crippen LogP contribution in [-0.2, 0) is 0 Å². The standard InChI is InChI=1S/C42H24O10/c43-37-33-17-29(21-1-9-25(10-2-21)39(45)46)30(22-3-11-26(12-4-22)40(47)48)18-34(33)38(44)36-20-32(24-7-15-28(16-8-24)42(51)52)31(19-35(36)37)23-5-13-27(14-6-23)41(49)50/h1-20H,(H,45,46)(H,47,48)(H,49,50)(H,51,52). The van der Waals surface area contributed by atoms with Crippen LogP contribution in [0, 0.1) is 0 Å². The van der Waals surface area contributed by atoms with E-state index in [4.69, 9.17) is 0 Å². The van der Waals surface area contributed by atoms with E-state index in [2.05, 4.69) is 0 Å². The third-order valence-corrected chi connectivity index (χ3v) is 9.07. The first-order chi connectivity index (χ1) is 24.9. The molecule has 4 N–H and O–H groups in total. The fraction of sp³-hybridized carbons (Fsp3) is 0. The normalized spacial score (nSPS) is 11.8. The Morgan fingerprint density at radius 3 is 0.615 bits per heavy atom. The van der Waals surface area contributed by atoms with Gasteiger partial charge in [0.25, 0.3) is 0 Å². The maximum atomic E-state index is 14.4. The van der Waals surface area contributed by atoms with Crippen molar-refractivity contribution >= 4 is 35.4 Å². The van der Waals surface area contributed by atoms with Crippen LogP contribution in [0.5, 0.6) is 0 Å². The molecule has 0 radical (unpaired) electrons. The maximum absolute atomic E-state index is 14.4. The highest BCUT2D eigenvalue weighted by atomic mass is 16.4. The Bertz CT molecular complexity index is 2160. The third kappa shape index (κ3) is 5.80. The smallest absolute Gasteiger partial charge is 0.335 e. The van der Waals surface area contributed by atoms with Crippen molar-refractivity contribution in [2.45, 2.75) is 0 Å². The van der Waals surface area contributed by atoms with Gasteiger partial charge in [0.15, 0.2) is 11.6 Å². The van der Waals surface area contributed by atoms with Crippen LogP contribution in [0.4, 0.5) is 0 Å². The first-order valence-electron chi connectivity index (χ1n) is 15.7. The van der Waals surface area contributed by atoms with Crippen molar-refractivity contribution in [3.8, 4) is 44.5 Å². The molecular formula is C42H24O10. The Kier molecular flexibility index (Phi) is 8.12. The molecule has 1 aliphatic rings. The van der Waals surface area contributed by atoms with E-state index in [-0.39, 0.29) is 44.5 Å². The topological polar surface area (TPSA) is 183 Å². The minimum atomic E-state index is -1.12. The van der Waals surface area contributed by atoms with Gasteiger partial charge < -0.3 is 20.4 Å². The third-order valence-electron chi connectivity index (χ3n) is 9.07. The molecule has 0 aromatic heterocycles. The van der Waals surface area contributed by atoms with Crippen LogP contribution in [0.3, 0.4) is 0 Å². The highest BCUT2D eigenvalue weighted by Crippen LogP contribution is 2.42. The van der Waals surface area contributed by atoms with Crippen molar-refractivity contribution in [1.82, 2.24) is 0 Å². The van der Waals surface area contributed by atoms with Crippen LogP contribution in [-0.4, -0.2) is 55.9 Å². The number of ketones is 2. The summed E-state index contributed by atoms with van der Waals surface area (Å²) in [5, 5.41) is 37.8. The lowest BCUT2D eigenvalue weighted by Crippen LogP contribution is -2.21. The molecule has 0 spiro atoms. The van der Waals surface area contributed by atoms with E-state index in [0.717, 1.165) is 0 Å². The fourth-order valence-electron chi connectivity index (χ4n) is 6.37. The van der Waals surface area contributed by atoms with Gasteiger partial charge in [0.2, 0.25) is 0 Å². The van der Waals surface area contributed by atoms with Crippen molar-refractivity contribution in [3.05, 3.63) is 166 Å². The molecule has 1 aliphatic carbocycles. The number of aromatic carboxylic acids is 4. The van der Waals surface area contributed by atoms with E-state index in [1.807, 2.05) is 0 Å². The molecule has 6 aromatic carbocycles.